The summed E-state index contributed by atoms with van der Waals surface area (Å²) in [6.45, 7) is -1.47. The zero-order valence-electron chi connectivity index (χ0n) is 12.8. The lowest BCUT2D eigenvalue weighted by Gasteiger charge is -2.13. The van der Waals surface area contributed by atoms with Crippen LogP contribution in [0, 0.1) is 0 Å². The van der Waals surface area contributed by atoms with Crippen LogP contribution in [0.3, 0.4) is 0 Å². The topological polar surface area (TPSA) is 71.5 Å². The molecule has 1 amide bonds. The number of ether oxygens (including phenoxy) is 1. The number of nitrogens with zero attached hydrogens (tertiary/aromatic N) is 1. The van der Waals surface area contributed by atoms with Crippen LogP contribution in [0.1, 0.15) is 22.2 Å². The smallest absolute Gasteiger partial charge is 0.422 e. The summed E-state index contributed by atoms with van der Waals surface area (Å²) in [6.07, 6.45) is -4.32. The summed E-state index contributed by atoms with van der Waals surface area (Å²) in [5.41, 5.74) is 0.624. The monoisotopic (exact) mass is 418 g/mol. The molecule has 1 heterocycles. The summed E-state index contributed by atoms with van der Waals surface area (Å²) in [5, 5.41) is 12.6. The number of amides is 1. The van der Waals surface area contributed by atoms with E-state index in [4.69, 9.17) is 0 Å². The van der Waals surface area contributed by atoms with Crippen LogP contribution in [-0.2, 0) is 0 Å². The molecular weight excluding hydrogens is 405 g/mol. The van der Waals surface area contributed by atoms with Gasteiger partial charge in [0.25, 0.3) is 5.91 Å². The minimum atomic E-state index is -4.45. The minimum Gasteiger partial charge on any atom is -0.483 e. The summed E-state index contributed by atoms with van der Waals surface area (Å²) in [6, 6.07) is 9.46. The number of carbonyl (C=O) groups excluding carboxylic acids is 1. The van der Waals surface area contributed by atoms with Gasteiger partial charge >= 0.3 is 6.18 Å². The number of pyridine rings is 1. The van der Waals surface area contributed by atoms with Gasteiger partial charge in [0.15, 0.2) is 6.61 Å². The van der Waals surface area contributed by atoms with Crippen LogP contribution in [0.5, 0.6) is 5.75 Å². The van der Waals surface area contributed by atoms with E-state index in [1.54, 1.807) is 24.3 Å². The van der Waals surface area contributed by atoms with Crippen LogP contribution in [0.4, 0.5) is 13.2 Å². The maximum Gasteiger partial charge on any atom is 0.422 e. The van der Waals surface area contributed by atoms with Crippen LogP contribution < -0.4 is 10.1 Å². The first kappa shape index (κ1) is 19.2. The first-order valence-corrected chi connectivity index (χ1v) is 7.91. The number of carbonyl (C=O) groups is 1. The van der Waals surface area contributed by atoms with Crippen molar-refractivity contribution in [2.45, 2.75) is 12.3 Å². The molecule has 0 radical (unpaired) electrons. The molecule has 25 heavy (non-hydrogen) atoms. The molecule has 9 heteroatoms. The molecule has 1 aromatic heterocycles. The van der Waals surface area contributed by atoms with Crippen molar-refractivity contribution in [2.24, 2.45) is 0 Å². The van der Waals surface area contributed by atoms with Crippen LogP contribution in [0.25, 0.3) is 0 Å². The number of aliphatic hydroxyl groups excluding tert-OH is 1. The highest BCUT2D eigenvalue weighted by molar-refractivity contribution is 9.10. The number of benzene rings is 1. The van der Waals surface area contributed by atoms with E-state index in [0.717, 1.165) is 10.7 Å². The summed E-state index contributed by atoms with van der Waals surface area (Å²) >= 11 is 3.29. The van der Waals surface area contributed by atoms with E-state index in [2.05, 4.69) is 31.0 Å². The molecule has 0 spiro atoms. The molecular formula is C16H14BrF3N2O3. The Morgan fingerprint density at radius 3 is 2.68 bits per heavy atom. The standard InChI is InChI=1S/C16H14BrF3N2O3/c17-11-3-1-2-10(6-11)14(23)8-22-15(24)13-5-4-12(7-21-13)25-9-16(18,19)20/h1-7,14,23H,8-9H2,(H,22,24)/t14-/m0/s1. The Balaban J connectivity index is 1.88. The van der Waals surface area contributed by atoms with Gasteiger partial charge in [0.2, 0.25) is 0 Å². The second-order valence-electron chi connectivity index (χ2n) is 5.06. The fourth-order valence-electron chi connectivity index (χ4n) is 1.88. The summed E-state index contributed by atoms with van der Waals surface area (Å²) < 4.78 is 41.5. The molecule has 0 saturated carbocycles. The van der Waals surface area contributed by atoms with Gasteiger partial charge in [-0.1, -0.05) is 28.1 Å². The molecule has 134 valence electrons. The highest BCUT2D eigenvalue weighted by atomic mass is 79.9. The summed E-state index contributed by atoms with van der Waals surface area (Å²) in [5.74, 6) is -0.653. The van der Waals surface area contributed by atoms with Gasteiger partial charge in [0.05, 0.1) is 12.3 Å². The zero-order chi connectivity index (χ0) is 18.4. The predicted molar refractivity (Wildman–Crippen MR) is 87.2 cm³/mol. The highest BCUT2D eigenvalue weighted by Crippen LogP contribution is 2.19. The average molecular weight is 419 g/mol. The molecule has 1 atom stereocenters. The molecule has 0 aliphatic carbocycles. The van der Waals surface area contributed by atoms with Gasteiger partial charge in [-0.25, -0.2) is 4.98 Å². The van der Waals surface area contributed by atoms with E-state index in [0.29, 0.717) is 5.56 Å². The first-order chi connectivity index (χ1) is 11.7. The van der Waals surface area contributed by atoms with Gasteiger partial charge < -0.3 is 15.2 Å². The maximum absolute atomic E-state index is 12.1. The van der Waals surface area contributed by atoms with E-state index in [1.165, 1.54) is 12.1 Å². The molecule has 0 bridgehead atoms. The molecule has 0 saturated heterocycles. The Bertz CT molecular complexity index is 723. The van der Waals surface area contributed by atoms with E-state index < -0.39 is 24.8 Å². The average Bonchev–Trinajstić information content (AvgIpc) is 2.57. The lowest BCUT2D eigenvalue weighted by molar-refractivity contribution is -0.153. The van der Waals surface area contributed by atoms with E-state index in [-0.39, 0.29) is 18.0 Å². The van der Waals surface area contributed by atoms with Gasteiger partial charge in [-0.15, -0.1) is 0 Å². The number of hydrogen-bond donors (Lipinski definition) is 2. The number of alkyl halides is 3. The molecule has 2 rings (SSSR count). The molecule has 0 fully saturated rings. The molecule has 0 unspecified atom stereocenters. The van der Waals surface area contributed by atoms with Crippen molar-refractivity contribution in [1.82, 2.24) is 10.3 Å². The lowest BCUT2D eigenvalue weighted by atomic mass is 10.1. The second kappa shape index (κ2) is 8.30. The van der Waals surface area contributed by atoms with Crippen molar-refractivity contribution >= 4 is 21.8 Å². The number of aromatic nitrogens is 1. The van der Waals surface area contributed by atoms with Crippen molar-refractivity contribution in [3.05, 3.63) is 58.3 Å². The summed E-state index contributed by atoms with van der Waals surface area (Å²) in [7, 11) is 0. The van der Waals surface area contributed by atoms with Gasteiger partial charge in [0, 0.05) is 11.0 Å². The Hall–Kier alpha value is -2.13. The van der Waals surface area contributed by atoms with Crippen LogP contribution in [0.15, 0.2) is 47.1 Å². The van der Waals surface area contributed by atoms with Crippen molar-refractivity contribution in [2.75, 3.05) is 13.2 Å². The van der Waals surface area contributed by atoms with E-state index >= 15 is 0 Å². The van der Waals surface area contributed by atoms with Gasteiger partial charge in [-0.3, -0.25) is 4.79 Å². The van der Waals surface area contributed by atoms with Crippen LogP contribution in [-0.4, -0.2) is 35.3 Å². The Morgan fingerprint density at radius 1 is 1.32 bits per heavy atom. The number of halogens is 4. The van der Waals surface area contributed by atoms with Crippen molar-refractivity contribution in [3.8, 4) is 5.75 Å². The zero-order valence-corrected chi connectivity index (χ0v) is 14.3. The Kier molecular flexibility index (Phi) is 6.38. The number of rotatable bonds is 6. The largest absolute Gasteiger partial charge is 0.483 e. The highest BCUT2D eigenvalue weighted by Gasteiger charge is 2.28. The molecule has 2 aromatic rings. The molecule has 0 aliphatic rings. The maximum atomic E-state index is 12.1. The summed E-state index contributed by atoms with van der Waals surface area (Å²) in [4.78, 5) is 15.7. The third kappa shape index (κ3) is 6.35. The molecule has 5 nitrogen and oxygen atoms in total. The Labute approximate surface area is 150 Å². The van der Waals surface area contributed by atoms with Gasteiger partial charge in [0.1, 0.15) is 11.4 Å². The number of hydrogen-bond acceptors (Lipinski definition) is 4. The SMILES string of the molecule is O=C(NC[C@H](O)c1cccc(Br)c1)c1ccc(OCC(F)(F)F)cn1. The van der Waals surface area contributed by atoms with Gasteiger partial charge in [-0.05, 0) is 29.8 Å². The lowest BCUT2D eigenvalue weighted by Crippen LogP contribution is -2.29. The van der Waals surface area contributed by atoms with Crippen LogP contribution in [0.2, 0.25) is 0 Å². The third-order valence-corrected chi connectivity index (χ3v) is 3.55. The number of aliphatic hydroxyl groups is 1. The van der Waals surface area contributed by atoms with Crippen molar-refractivity contribution in [1.29, 1.82) is 0 Å². The van der Waals surface area contributed by atoms with Crippen molar-refractivity contribution in [3.63, 3.8) is 0 Å². The van der Waals surface area contributed by atoms with Crippen molar-refractivity contribution < 1.29 is 27.8 Å². The van der Waals surface area contributed by atoms with Gasteiger partial charge in [-0.2, -0.15) is 13.2 Å². The van der Waals surface area contributed by atoms with Crippen LogP contribution >= 0.6 is 15.9 Å². The predicted octanol–water partition coefficient (Wildman–Crippen LogP) is 3.25. The minimum absolute atomic E-state index is 0.000742. The van der Waals surface area contributed by atoms with E-state index in [1.807, 2.05) is 0 Å². The second-order valence-corrected chi connectivity index (χ2v) is 5.98. The molecule has 0 aliphatic heterocycles. The quantitative estimate of drug-likeness (QED) is 0.755. The van der Waals surface area contributed by atoms with E-state index in [9.17, 15) is 23.1 Å². The third-order valence-electron chi connectivity index (χ3n) is 3.06. The fourth-order valence-corrected chi connectivity index (χ4v) is 2.29. The number of nitrogens with one attached hydrogen (secondary N) is 1. The normalized spacial score (nSPS) is 12.5. The first-order valence-electron chi connectivity index (χ1n) is 7.12. The molecule has 1 aromatic carbocycles. The Morgan fingerprint density at radius 2 is 2.08 bits per heavy atom. The molecule has 2 N–H and O–H groups in total. The fraction of sp³-hybridized carbons (Fsp3) is 0.250.